The minimum absolute atomic E-state index is 0.00908. The standard InChI is InChI=1S/C16H14F2NO2/c1-20-15-4-2-3-13(9-15)10-19-21-11-12-5-7-14(8-6-12)16(17)18/h2-9,16H,11H2,1H3. The summed E-state index contributed by atoms with van der Waals surface area (Å²) in [5.41, 5.74) is 1.48. The molecule has 0 unspecified atom stereocenters. The van der Waals surface area contributed by atoms with E-state index in [-0.39, 0.29) is 12.2 Å². The Bertz CT molecular complexity index is 597. The Morgan fingerprint density at radius 1 is 1.14 bits per heavy atom. The number of benzene rings is 2. The molecule has 2 rings (SSSR count). The van der Waals surface area contributed by atoms with E-state index in [0.29, 0.717) is 5.75 Å². The monoisotopic (exact) mass is 290 g/mol. The molecule has 2 aromatic rings. The number of halogens is 2. The molecular formula is C16H14F2NO2. The van der Waals surface area contributed by atoms with Crippen LogP contribution >= 0.6 is 0 Å². The van der Waals surface area contributed by atoms with Crippen molar-refractivity contribution >= 4 is 6.21 Å². The molecule has 0 bridgehead atoms. The van der Waals surface area contributed by atoms with Crippen LogP contribution in [-0.2, 0) is 11.4 Å². The van der Waals surface area contributed by atoms with Gasteiger partial charge in [0, 0.05) is 11.1 Å². The number of alkyl halides is 2. The summed E-state index contributed by atoms with van der Waals surface area (Å²) in [6.07, 6.45) is 0.263. The van der Waals surface area contributed by atoms with E-state index in [9.17, 15) is 8.78 Å². The van der Waals surface area contributed by atoms with E-state index in [1.807, 2.05) is 18.2 Å². The fourth-order valence-corrected chi connectivity index (χ4v) is 1.64. The molecule has 3 nitrogen and oxygen atoms in total. The smallest absolute Gasteiger partial charge is 0.263 e. The Morgan fingerprint density at radius 3 is 2.57 bits per heavy atom. The van der Waals surface area contributed by atoms with Crippen LogP contribution < -0.4 is 4.74 Å². The Kier molecular flexibility index (Phi) is 5.26. The lowest BCUT2D eigenvalue weighted by molar-refractivity contribution is 0.131. The van der Waals surface area contributed by atoms with Crippen molar-refractivity contribution in [2.24, 2.45) is 5.16 Å². The van der Waals surface area contributed by atoms with E-state index in [2.05, 4.69) is 11.4 Å². The summed E-state index contributed by atoms with van der Waals surface area (Å²) in [5, 5.41) is 3.72. The van der Waals surface area contributed by atoms with Gasteiger partial charge in [0.05, 0.1) is 7.11 Å². The second kappa shape index (κ2) is 7.38. The maximum absolute atomic E-state index is 12.4. The highest BCUT2D eigenvalue weighted by molar-refractivity contribution is 5.79. The third-order valence-electron chi connectivity index (χ3n) is 2.77. The van der Waals surface area contributed by atoms with Gasteiger partial charge in [-0.1, -0.05) is 41.6 Å². The Morgan fingerprint density at radius 2 is 1.90 bits per heavy atom. The van der Waals surface area contributed by atoms with Crippen LogP contribution in [0.15, 0.2) is 53.7 Å². The molecule has 0 aliphatic rings. The summed E-state index contributed by atoms with van der Waals surface area (Å²) in [6.45, 7) is 0.195. The minimum atomic E-state index is -2.46. The van der Waals surface area contributed by atoms with Gasteiger partial charge in [-0.2, -0.15) is 0 Å². The Hall–Kier alpha value is -2.43. The molecule has 0 amide bonds. The van der Waals surface area contributed by atoms with E-state index in [1.54, 1.807) is 25.3 Å². The maximum atomic E-state index is 12.4. The van der Waals surface area contributed by atoms with Crippen molar-refractivity contribution < 1.29 is 18.4 Å². The van der Waals surface area contributed by atoms with Crippen LogP contribution in [0.1, 0.15) is 23.1 Å². The highest BCUT2D eigenvalue weighted by atomic mass is 19.3. The molecular weight excluding hydrogens is 276 g/mol. The predicted octanol–water partition coefficient (Wildman–Crippen LogP) is 4.06. The number of methoxy groups -OCH3 is 1. The molecule has 0 fully saturated rings. The molecule has 0 heterocycles. The van der Waals surface area contributed by atoms with Crippen molar-refractivity contribution in [3.05, 3.63) is 65.2 Å². The summed E-state index contributed by atoms with van der Waals surface area (Å²) in [5.74, 6) is 0.706. The first kappa shape index (κ1) is 15.0. The average Bonchev–Trinajstić information content (AvgIpc) is 2.52. The molecule has 0 aliphatic carbocycles. The van der Waals surface area contributed by atoms with Gasteiger partial charge < -0.3 is 9.57 Å². The lowest BCUT2D eigenvalue weighted by Crippen LogP contribution is -1.90. The van der Waals surface area contributed by atoms with E-state index in [1.165, 1.54) is 12.1 Å². The van der Waals surface area contributed by atoms with E-state index in [4.69, 9.17) is 9.57 Å². The molecule has 0 atom stereocenters. The number of nitrogens with zero attached hydrogens (tertiary/aromatic N) is 1. The Labute approximate surface area is 121 Å². The van der Waals surface area contributed by atoms with Gasteiger partial charge in [-0.3, -0.25) is 0 Å². The summed E-state index contributed by atoms with van der Waals surface area (Å²) >= 11 is 0. The SMILES string of the molecule is COc1cccc(/[C]=N\OCc2ccc(C(F)F)cc2)c1. The second-order valence-corrected chi connectivity index (χ2v) is 4.25. The van der Waals surface area contributed by atoms with E-state index < -0.39 is 6.43 Å². The molecule has 1 radical (unpaired) electrons. The molecule has 0 aliphatic heterocycles. The van der Waals surface area contributed by atoms with Crippen LogP contribution in [0.5, 0.6) is 5.75 Å². The first-order chi connectivity index (χ1) is 10.2. The fourth-order valence-electron chi connectivity index (χ4n) is 1.64. The van der Waals surface area contributed by atoms with Gasteiger partial charge in [-0.25, -0.2) is 8.78 Å². The topological polar surface area (TPSA) is 30.8 Å². The number of hydrogen-bond acceptors (Lipinski definition) is 3. The first-order valence-electron chi connectivity index (χ1n) is 6.28. The normalized spacial score (nSPS) is 11.0. The number of rotatable bonds is 6. The summed E-state index contributed by atoms with van der Waals surface area (Å²) in [7, 11) is 1.58. The van der Waals surface area contributed by atoms with Crippen LogP contribution in [0.4, 0.5) is 8.78 Å². The first-order valence-corrected chi connectivity index (χ1v) is 6.28. The fraction of sp³-hybridized carbons (Fsp3) is 0.188. The van der Waals surface area contributed by atoms with Gasteiger partial charge in [0.2, 0.25) is 0 Å². The minimum Gasteiger partial charge on any atom is -0.497 e. The molecule has 21 heavy (non-hydrogen) atoms. The van der Waals surface area contributed by atoms with Crippen molar-refractivity contribution in [3.63, 3.8) is 0 Å². The summed E-state index contributed by atoms with van der Waals surface area (Å²) < 4.78 is 29.8. The highest BCUT2D eigenvalue weighted by Gasteiger charge is 2.05. The van der Waals surface area contributed by atoms with Crippen LogP contribution in [0.2, 0.25) is 0 Å². The zero-order chi connectivity index (χ0) is 15.1. The molecule has 0 N–H and O–H groups in total. The van der Waals surface area contributed by atoms with Crippen molar-refractivity contribution in [2.45, 2.75) is 13.0 Å². The second-order valence-electron chi connectivity index (χ2n) is 4.25. The Balaban J connectivity index is 1.87. The highest BCUT2D eigenvalue weighted by Crippen LogP contribution is 2.19. The zero-order valence-electron chi connectivity index (χ0n) is 11.4. The summed E-state index contributed by atoms with van der Waals surface area (Å²) in [6, 6.07) is 13.1. The van der Waals surface area contributed by atoms with Crippen molar-refractivity contribution in [1.82, 2.24) is 0 Å². The average molecular weight is 290 g/mol. The van der Waals surface area contributed by atoms with Gasteiger partial charge in [0.1, 0.15) is 18.6 Å². The zero-order valence-corrected chi connectivity index (χ0v) is 11.4. The third-order valence-corrected chi connectivity index (χ3v) is 2.77. The largest absolute Gasteiger partial charge is 0.497 e. The maximum Gasteiger partial charge on any atom is 0.263 e. The molecule has 0 spiro atoms. The summed E-state index contributed by atoms with van der Waals surface area (Å²) in [4.78, 5) is 5.08. The van der Waals surface area contributed by atoms with Gasteiger partial charge in [0.25, 0.3) is 6.43 Å². The molecule has 0 saturated carbocycles. The van der Waals surface area contributed by atoms with Gasteiger partial charge in [-0.05, 0) is 17.7 Å². The predicted molar refractivity (Wildman–Crippen MR) is 75.7 cm³/mol. The van der Waals surface area contributed by atoms with Crippen molar-refractivity contribution in [2.75, 3.05) is 7.11 Å². The van der Waals surface area contributed by atoms with Gasteiger partial charge in [0.15, 0.2) is 0 Å². The lowest BCUT2D eigenvalue weighted by Gasteiger charge is -2.02. The van der Waals surface area contributed by atoms with Crippen molar-refractivity contribution in [1.29, 1.82) is 0 Å². The quantitative estimate of drug-likeness (QED) is 0.593. The van der Waals surface area contributed by atoms with Crippen LogP contribution in [0.25, 0.3) is 0 Å². The molecule has 0 saturated heterocycles. The lowest BCUT2D eigenvalue weighted by atomic mass is 10.1. The van der Waals surface area contributed by atoms with Gasteiger partial charge >= 0.3 is 0 Å². The van der Waals surface area contributed by atoms with E-state index in [0.717, 1.165) is 11.1 Å². The molecule has 2 aromatic carbocycles. The number of ether oxygens (including phenoxy) is 1. The van der Waals surface area contributed by atoms with Crippen molar-refractivity contribution in [3.8, 4) is 5.75 Å². The van der Waals surface area contributed by atoms with E-state index >= 15 is 0 Å². The van der Waals surface area contributed by atoms with Crippen LogP contribution in [0.3, 0.4) is 0 Å². The molecule has 109 valence electrons. The van der Waals surface area contributed by atoms with Crippen LogP contribution in [-0.4, -0.2) is 13.3 Å². The third kappa shape index (κ3) is 4.56. The number of hydrogen-bond donors (Lipinski definition) is 0. The molecule has 5 heteroatoms. The molecule has 0 aromatic heterocycles. The van der Waals surface area contributed by atoms with Gasteiger partial charge in [-0.15, -0.1) is 0 Å². The van der Waals surface area contributed by atoms with Crippen LogP contribution in [0, 0.1) is 0 Å².